The highest BCUT2D eigenvalue weighted by Gasteiger charge is 2.13. The second kappa shape index (κ2) is 5.87. The third kappa shape index (κ3) is 3.11. The maximum absolute atomic E-state index is 6.11. The van der Waals surface area contributed by atoms with Gasteiger partial charge in [-0.15, -0.1) is 0 Å². The van der Waals surface area contributed by atoms with Gasteiger partial charge in [0.05, 0.1) is 0 Å². The van der Waals surface area contributed by atoms with E-state index in [9.17, 15) is 0 Å². The van der Waals surface area contributed by atoms with Gasteiger partial charge in [0.1, 0.15) is 0 Å². The Morgan fingerprint density at radius 1 is 1.19 bits per heavy atom. The van der Waals surface area contributed by atoms with Crippen LogP contribution in [0.1, 0.15) is 18.4 Å². The molecule has 1 aromatic carbocycles. The van der Waals surface area contributed by atoms with Crippen LogP contribution in [0.4, 0.5) is 0 Å². The first-order valence-electron chi connectivity index (χ1n) is 5.64. The van der Waals surface area contributed by atoms with Gasteiger partial charge in [0.25, 0.3) is 0 Å². The molecule has 0 aliphatic carbocycles. The number of piperidine rings is 1. The maximum Gasteiger partial charge on any atom is 0.0465 e. The first-order chi connectivity index (χ1) is 7.77. The van der Waals surface area contributed by atoms with Crippen LogP contribution < -0.4 is 10.6 Å². The Balaban J connectivity index is 1.93. The summed E-state index contributed by atoms with van der Waals surface area (Å²) in [6.07, 6.45) is 2.34. The van der Waals surface area contributed by atoms with Crippen LogP contribution in [0.3, 0.4) is 0 Å². The molecular weight excluding hydrogens is 243 g/mol. The smallest absolute Gasteiger partial charge is 0.0465 e. The highest BCUT2D eigenvalue weighted by Crippen LogP contribution is 2.24. The molecule has 4 heteroatoms. The van der Waals surface area contributed by atoms with Gasteiger partial charge in [0, 0.05) is 28.2 Å². The van der Waals surface area contributed by atoms with Crippen molar-refractivity contribution in [3.05, 3.63) is 33.8 Å². The largest absolute Gasteiger partial charge is 0.317 e. The molecule has 0 atom stereocenters. The SMILES string of the molecule is Clc1cccc(Cl)c1CNC1CCNCC1. The molecule has 0 saturated carbocycles. The zero-order chi connectivity index (χ0) is 11.4. The molecule has 1 aromatic rings. The minimum absolute atomic E-state index is 0.577. The van der Waals surface area contributed by atoms with Crippen LogP contribution in [0.25, 0.3) is 0 Å². The van der Waals surface area contributed by atoms with E-state index in [-0.39, 0.29) is 0 Å². The molecule has 0 spiro atoms. The topological polar surface area (TPSA) is 24.1 Å². The lowest BCUT2D eigenvalue weighted by atomic mass is 10.1. The van der Waals surface area contributed by atoms with E-state index in [2.05, 4.69) is 10.6 Å². The lowest BCUT2D eigenvalue weighted by Crippen LogP contribution is -2.39. The van der Waals surface area contributed by atoms with E-state index in [0.29, 0.717) is 6.04 Å². The zero-order valence-electron chi connectivity index (χ0n) is 9.10. The van der Waals surface area contributed by atoms with Gasteiger partial charge in [0.2, 0.25) is 0 Å². The minimum Gasteiger partial charge on any atom is -0.317 e. The molecule has 88 valence electrons. The predicted octanol–water partition coefficient (Wildman–Crippen LogP) is 2.84. The van der Waals surface area contributed by atoms with Crippen LogP contribution in [0.15, 0.2) is 18.2 Å². The van der Waals surface area contributed by atoms with E-state index in [1.807, 2.05) is 18.2 Å². The van der Waals surface area contributed by atoms with E-state index >= 15 is 0 Å². The Kier molecular flexibility index (Phi) is 4.47. The predicted molar refractivity (Wildman–Crippen MR) is 69.2 cm³/mol. The fourth-order valence-corrected chi connectivity index (χ4v) is 2.50. The highest BCUT2D eigenvalue weighted by atomic mass is 35.5. The highest BCUT2D eigenvalue weighted by molar-refractivity contribution is 6.35. The molecule has 0 amide bonds. The Hall–Kier alpha value is -0.280. The molecule has 0 radical (unpaired) electrons. The fraction of sp³-hybridized carbons (Fsp3) is 0.500. The van der Waals surface area contributed by atoms with Crippen molar-refractivity contribution in [2.75, 3.05) is 13.1 Å². The van der Waals surface area contributed by atoms with Gasteiger partial charge in [0.15, 0.2) is 0 Å². The summed E-state index contributed by atoms with van der Waals surface area (Å²) in [4.78, 5) is 0. The van der Waals surface area contributed by atoms with Crippen LogP contribution >= 0.6 is 23.2 Å². The number of halogens is 2. The van der Waals surface area contributed by atoms with E-state index in [1.54, 1.807) is 0 Å². The molecule has 2 nitrogen and oxygen atoms in total. The molecule has 0 aromatic heterocycles. The monoisotopic (exact) mass is 258 g/mol. The van der Waals surface area contributed by atoms with Crippen molar-refractivity contribution < 1.29 is 0 Å². The number of benzene rings is 1. The van der Waals surface area contributed by atoms with Gasteiger partial charge >= 0.3 is 0 Å². The van der Waals surface area contributed by atoms with Crippen molar-refractivity contribution >= 4 is 23.2 Å². The molecule has 1 aliphatic rings. The number of hydrogen-bond donors (Lipinski definition) is 2. The average Bonchev–Trinajstić information content (AvgIpc) is 2.30. The van der Waals surface area contributed by atoms with Crippen LogP contribution in [-0.4, -0.2) is 19.1 Å². The van der Waals surface area contributed by atoms with Gasteiger partial charge < -0.3 is 10.6 Å². The van der Waals surface area contributed by atoms with E-state index in [0.717, 1.165) is 35.2 Å². The van der Waals surface area contributed by atoms with Crippen molar-refractivity contribution in [3.63, 3.8) is 0 Å². The molecule has 0 unspecified atom stereocenters. The summed E-state index contributed by atoms with van der Waals surface area (Å²) < 4.78 is 0. The summed E-state index contributed by atoms with van der Waals surface area (Å²) in [6, 6.07) is 6.21. The second-order valence-corrected chi connectivity index (χ2v) is 4.92. The molecular formula is C12H16Cl2N2. The first kappa shape index (κ1) is 12.2. The summed E-state index contributed by atoms with van der Waals surface area (Å²) in [6.45, 7) is 2.94. The lowest BCUT2D eigenvalue weighted by molar-refractivity contribution is 0.386. The first-order valence-corrected chi connectivity index (χ1v) is 6.40. The standard InChI is InChI=1S/C12H16Cl2N2/c13-11-2-1-3-12(14)10(11)8-16-9-4-6-15-7-5-9/h1-3,9,15-16H,4-8H2. The average molecular weight is 259 g/mol. The van der Waals surface area contributed by atoms with Crippen LogP contribution in [0.5, 0.6) is 0 Å². The van der Waals surface area contributed by atoms with Gasteiger partial charge in [-0.25, -0.2) is 0 Å². The summed E-state index contributed by atoms with van der Waals surface area (Å²) >= 11 is 12.2. The molecule has 1 heterocycles. The molecule has 1 saturated heterocycles. The van der Waals surface area contributed by atoms with Gasteiger partial charge in [-0.3, -0.25) is 0 Å². The zero-order valence-corrected chi connectivity index (χ0v) is 10.6. The van der Waals surface area contributed by atoms with Gasteiger partial charge in [-0.2, -0.15) is 0 Å². The summed E-state index contributed by atoms with van der Waals surface area (Å²) in [7, 11) is 0. The molecule has 1 fully saturated rings. The Bertz CT molecular complexity index is 329. The summed E-state index contributed by atoms with van der Waals surface area (Å²) in [5.41, 5.74) is 1.00. The van der Waals surface area contributed by atoms with E-state index in [1.165, 1.54) is 12.8 Å². The van der Waals surface area contributed by atoms with Crippen molar-refractivity contribution in [1.82, 2.24) is 10.6 Å². The quantitative estimate of drug-likeness (QED) is 0.872. The third-order valence-corrected chi connectivity index (χ3v) is 3.68. The number of rotatable bonds is 3. The fourth-order valence-electron chi connectivity index (χ4n) is 1.97. The molecule has 2 N–H and O–H groups in total. The molecule has 0 bridgehead atoms. The number of nitrogens with one attached hydrogen (secondary N) is 2. The molecule has 1 aliphatic heterocycles. The maximum atomic E-state index is 6.11. The van der Waals surface area contributed by atoms with Crippen molar-refractivity contribution in [1.29, 1.82) is 0 Å². The van der Waals surface area contributed by atoms with Crippen LogP contribution in [-0.2, 0) is 6.54 Å². The molecule has 2 rings (SSSR count). The normalized spacial score (nSPS) is 17.6. The van der Waals surface area contributed by atoms with Crippen molar-refractivity contribution in [2.24, 2.45) is 0 Å². The van der Waals surface area contributed by atoms with Crippen LogP contribution in [0.2, 0.25) is 10.0 Å². The number of hydrogen-bond acceptors (Lipinski definition) is 2. The Morgan fingerprint density at radius 3 is 2.44 bits per heavy atom. The van der Waals surface area contributed by atoms with E-state index < -0.39 is 0 Å². The second-order valence-electron chi connectivity index (χ2n) is 4.11. The Labute approximate surface area is 106 Å². The lowest BCUT2D eigenvalue weighted by Gasteiger charge is -2.24. The Morgan fingerprint density at radius 2 is 1.81 bits per heavy atom. The van der Waals surface area contributed by atoms with Gasteiger partial charge in [-0.05, 0) is 38.1 Å². The molecule has 16 heavy (non-hydrogen) atoms. The van der Waals surface area contributed by atoms with E-state index in [4.69, 9.17) is 23.2 Å². The van der Waals surface area contributed by atoms with Gasteiger partial charge in [-0.1, -0.05) is 29.3 Å². The van der Waals surface area contributed by atoms with Crippen molar-refractivity contribution in [3.8, 4) is 0 Å². The minimum atomic E-state index is 0.577. The van der Waals surface area contributed by atoms with Crippen LogP contribution in [0, 0.1) is 0 Å². The summed E-state index contributed by atoms with van der Waals surface area (Å²) in [5.74, 6) is 0. The third-order valence-electron chi connectivity index (χ3n) is 2.97. The summed E-state index contributed by atoms with van der Waals surface area (Å²) in [5, 5.41) is 8.34. The van der Waals surface area contributed by atoms with Crippen molar-refractivity contribution in [2.45, 2.75) is 25.4 Å².